The van der Waals surface area contributed by atoms with Gasteiger partial charge in [-0.25, -0.2) is 8.42 Å². The molecule has 0 fully saturated rings. The summed E-state index contributed by atoms with van der Waals surface area (Å²) in [7, 11) is -2.61. The molecule has 47 heavy (non-hydrogen) atoms. The fourth-order valence-corrected chi connectivity index (χ4v) is 6.88. The summed E-state index contributed by atoms with van der Waals surface area (Å²) in [6.45, 7) is 5.90. The van der Waals surface area contributed by atoms with Gasteiger partial charge in [0, 0.05) is 24.4 Å². The van der Waals surface area contributed by atoms with E-state index >= 15 is 0 Å². The summed E-state index contributed by atoms with van der Waals surface area (Å²) in [6, 6.07) is 29.5. The molecule has 4 rings (SSSR count). The third-order valence-corrected chi connectivity index (χ3v) is 10.2. The second kappa shape index (κ2) is 16.5. The van der Waals surface area contributed by atoms with Crippen LogP contribution in [0.1, 0.15) is 30.5 Å². The number of anilines is 1. The zero-order chi connectivity index (χ0) is 34.0. The van der Waals surface area contributed by atoms with Gasteiger partial charge in [-0.05, 0) is 78.8 Å². The van der Waals surface area contributed by atoms with Crippen molar-refractivity contribution in [1.82, 2.24) is 10.2 Å². The largest absolute Gasteiger partial charge is 0.497 e. The highest BCUT2D eigenvalue weighted by molar-refractivity contribution is 7.98. The van der Waals surface area contributed by atoms with Gasteiger partial charge in [-0.2, -0.15) is 0 Å². The lowest BCUT2D eigenvalue weighted by Crippen LogP contribution is -2.53. The van der Waals surface area contributed by atoms with E-state index < -0.39 is 28.5 Å². The zero-order valence-corrected chi connectivity index (χ0v) is 29.2. The zero-order valence-electron chi connectivity index (χ0n) is 27.6. The number of thioether (sulfide) groups is 1. The Morgan fingerprint density at radius 2 is 1.53 bits per heavy atom. The van der Waals surface area contributed by atoms with Gasteiger partial charge in [0.05, 0.1) is 17.7 Å². The number of rotatable bonds is 15. The Kier molecular flexibility index (Phi) is 12.5. The van der Waals surface area contributed by atoms with Crippen molar-refractivity contribution in [3.05, 3.63) is 120 Å². The molecule has 0 saturated heterocycles. The first kappa shape index (κ1) is 35.6. The molecule has 4 aromatic rings. The van der Waals surface area contributed by atoms with E-state index in [1.165, 1.54) is 16.7 Å². The number of hydrogen-bond acceptors (Lipinski definition) is 6. The molecule has 0 heterocycles. The van der Waals surface area contributed by atoms with Gasteiger partial charge >= 0.3 is 0 Å². The topological polar surface area (TPSA) is 96.0 Å². The van der Waals surface area contributed by atoms with Gasteiger partial charge in [-0.3, -0.25) is 13.9 Å². The molecule has 0 aromatic heterocycles. The smallest absolute Gasteiger partial charge is 0.264 e. The van der Waals surface area contributed by atoms with Crippen LogP contribution >= 0.6 is 11.8 Å². The summed E-state index contributed by atoms with van der Waals surface area (Å²) in [5.41, 5.74) is 2.91. The standard InChI is InChI=1S/C37H43N3O5S2/c1-27(2)24-38-37(42)35(23-29-10-7-6-8-11-29)39(25-30-12-9-13-32(22-30)45-4)36(41)26-40(31-16-14-28(3)15-17-31)47(43,44)34-20-18-33(46-5)19-21-34/h6-22,27,35H,23-26H2,1-5H3,(H,38,42)/t35-/m1/s1. The maximum Gasteiger partial charge on any atom is 0.264 e. The van der Waals surface area contributed by atoms with Gasteiger partial charge in [0.25, 0.3) is 10.0 Å². The summed E-state index contributed by atoms with van der Waals surface area (Å²) in [5.74, 6) is -0.0237. The van der Waals surface area contributed by atoms with Crippen molar-refractivity contribution >= 4 is 39.3 Å². The van der Waals surface area contributed by atoms with Gasteiger partial charge in [0.2, 0.25) is 11.8 Å². The molecule has 10 heteroatoms. The van der Waals surface area contributed by atoms with Crippen LogP contribution in [0.25, 0.3) is 0 Å². The van der Waals surface area contributed by atoms with Crippen LogP contribution in [0.4, 0.5) is 5.69 Å². The van der Waals surface area contributed by atoms with E-state index in [1.54, 1.807) is 49.6 Å². The first-order chi connectivity index (χ1) is 22.5. The molecule has 4 aromatic carbocycles. The average Bonchev–Trinajstić information content (AvgIpc) is 3.08. The van der Waals surface area contributed by atoms with Crippen molar-refractivity contribution in [3.8, 4) is 5.75 Å². The number of amides is 2. The molecule has 0 aliphatic heterocycles. The van der Waals surface area contributed by atoms with Crippen molar-refractivity contribution in [2.45, 2.75) is 49.6 Å². The van der Waals surface area contributed by atoms with E-state index in [1.807, 2.05) is 87.7 Å². The van der Waals surface area contributed by atoms with E-state index in [4.69, 9.17) is 4.74 Å². The number of nitrogens with zero attached hydrogens (tertiary/aromatic N) is 2. The molecular formula is C37H43N3O5S2. The minimum atomic E-state index is -4.17. The van der Waals surface area contributed by atoms with Gasteiger partial charge in [0.1, 0.15) is 18.3 Å². The molecule has 2 amide bonds. The summed E-state index contributed by atoms with van der Waals surface area (Å²) in [6.07, 6.45) is 2.16. The summed E-state index contributed by atoms with van der Waals surface area (Å²) >= 11 is 1.51. The van der Waals surface area contributed by atoms with Gasteiger partial charge in [-0.1, -0.05) is 74.0 Å². The van der Waals surface area contributed by atoms with Crippen molar-refractivity contribution in [2.75, 3.05) is 30.8 Å². The van der Waals surface area contributed by atoms with Crippen molar-refractivity contribution in [3.63, 3.8) is 0 Å². The highest BCUT2D eigenvalue weighted by Crippen LogP contribution is 2.27. The molecule has 0 radical (unpaired) electrons. The number of carbonyl (C=O) groups excluding carboxylic acids is 2. The first-order valence-corrected chi connectivity index (χ1v) is 18.2. The Morgan fingerprint density at radius 1 is 0.872 bits per heavy atom. The molecule has 1 N–H and O–H groups in total. The Balaban J connectivity index is 1.80. The highest BCUT2D eigenvalue weighted by Gasteiger charge is 2.34. The predicted molar refractivity (Wildman–Crippen MR) is 189 cm³/mol. The lowest BCUT2D eigenvalue weighted by atomic mass is 10.0. The fourth-order valence-electron chi connectivity index (χ4n) is 5.06. The van der Waals surface area contributed by atoms with Crippen molar-refractivity contribution in [1.29, 1.82) is 0 Å². The SMILES string of the molecule is COc1cccc(CN(C(=O)CN(c2ccc(C)cc2)S(=O)(=O)c2ccc(SC)cc2)[C@H](Cc2ccccc2)C(=O)NCC(C)C)c1. The Hall–Kier alpha value is -4.28. The van der Waals surface area contributed by atoms with E-state index in [0.717, 1.165) is 25.9 Å². The van der Waals surface area contributed by atoms with Gasteiger partial charge in [-0.15, -0.1) is 11.8 Å². The third kappa shape index (κ3) is 9.62. The van der Waals surface area contributed by atoms with E-state index in [0.29, 0.717) is 18.0 Å². The van der Waals surface area contributed by atoms with Crippen LogP contribution in [0.3, 0.4) is 0 Å². The predicted octanol–water partition coefficient (Wildman–Crippen LogP) is 6.33. The number of carbonyl (C=O) groups is 2. The quantitative estimate of drug-likeness (QED) is 0.148. The number of benzene rings is 4. The Labute approximate surface area is 283 Å². The summed E-state index contributed by atoms with van der Waals surface area (Å²) in [4.78, 5) is 31.0. The number of sulfonamides is 1. The monoisotopic (exact) mass is 673 g/mol. The van der Waals surface area contributed by atoms with Crippen LogP contribution in [-0.2, 0) is 32.6 Å². The maximum atomic E-state index is 14.6. The number of methoxy groups -OCH3 is 1. The highest BCUT2D eigenvalue weighted by atomic mass is 32.2. The third-order valence-electron chi connectivity index (χ3n) is 7.69. The molecule has 0 aliphatic rings. The number of nitrogens with one attached hydrogen (secondary N) is 1. The molecular weight excluding hydrogens is 631 g/mol. The maximum absolute atomic E-state index is 14.6. The molecule has 1 atom stereocenters. The molecule has 0 saturated carbocycles. The van der Waals surface area contributed by atoms with Crippen LogP contribution in [-0.4, -0.2) is 57.6 Å². The second-order valence-corrected chi connectivity index (χ2v) is 14.5. The van der Waals surface area contributed by atoms with Crippen LogP contribution in [0.5, 0.6) is 5.75 Å². The normalized spacial score (nSPS) is 12.0. The molecule has 0 unspecified atom stereocenters. The van der Waals surface area contributed by atoms with Crippen LogP contribution in [0, 0.1) is 12.8 Å². The van der Waals surface area contributed by atoms with Crippen molar-refractivity contribution < 1.29 is 22.7 Å². The van der Waals surface area contributed by atoms with E-state index in [9.17, 15) is 18.0 Å². The van der Waals surface area contributed by atoms with Crippen LogP contribution in [0.2, 0.25) is 0 Å². The molecule has 0 spiro atoms. The number of ether oxygens (including phenoxy) is 1. The lowest BCUT2D eigenvalue weighted by Gasteiger charge is -2.34. The number of hydrogen-bond donors (Lipinski definition) is 1. The molecule has 8 nitrogen and oxygen atoms in total. The van der Waals surface area contributed by atoms with Gasteiger partial charge in [0.15, 0.2) is 0 Å². The molecule has 0 aliphatic carbocycles. The lowest BCUT2D eigenvalue weighted by molar-refractivity contribution is -0.140. The summed E-state index contributed by atoms with van der Waals surface area (Å²) in [5, 5.41) is 3.01. The van der Waals surface area contributed by atoms with Crippen LogP contribution in [0.15, 0.2) is 113 Å². The minimum absolute atomic E-state index is 0.0623. The number of aryl methyl sites for hydroxylation is 1. The molecule has 0 bridgehead atoms. The fraction of sp³-hybridized carbons (Fsp3) is 0.297. The van der Waals surface area contributed by atoms with Crippen LogP contribution < -0.4 is 14.4 Å². The van der Waals surface area contributed by atoms with Gasteiger partial charge < -0.3 is 15.0 Å². The average molecular weight is 674 g/mol. The Morgan fingerprint density at radius 3 is 2.15 bits per heavy atom. The van der Waals surface area contributed by atoms with E-state index in [2.05, 4.69) is 5.32 Å². The second-order valence-electron chi connectivity index (χ2n) is 11.7. The molecule has 248 valence electrons. The first-order valence-electron chi connectivity index (χ1n) is 15.5. The van der Waals surface area contributed by atoms with E-state index in [-0.39, 0.29) is 29.7 Å². The Bertz CT molecular complexity index is 1730. The summed E-state index contributed by atoms with van der Waals surface area (Å²) < 4.78 is 35.1. The van der Waals surface area contributed by atoms with Crippen molar-refractivity contribution in [2.24, 2.45) is 5.92 Å². The minimum Gasteiger partial charge on any atom is -0.497 e.